The summed E-state index contributed by atoms with van der Waals surface area (Å²) in [5, 5.41) is 0. The van der Waals surface area contributed by atoms with Crippen molar-refractivity contribution in [3.05, 3.63) is 53.6 Å². The molecule has 0 aliphatic carbocycles. The fourth-order valence-corrected chi connectivity index (χ4v) is 2.95. The van der Waals surface area contributed by atoms with Crippen LogP contribution in [0.4, 0.5) is 10.1 Å². The number of anilines is 1. The molecule has 3 nitrogen and oxygen atoms in total. The molecule has 2 rings (SSSR count). The number of rotatable bonds is 3. The molecule has 0 bridgehead atoms. The van der Waals surface area contributed by atoms with Crippen LogP contribution in [0, 0.1) is 12.7 Å². The molecule has 0 aliphatic rings. The number of pyridine rings is 1. The summed E-state index contributed by atoms with van der Waals surface area (Å²) in [6, 6.07) is 6.64. The lowest BCUT2D eigenvalue weighted by atomic mass is 10.2. The standard InChI is InChI=1S/C13H13FN2OS/c1-9-12(15)3-2-4-13(9)18(17)8-10-5-11(14)7-16-6-10/h2-7H,8,15H2,1H3. The van der Waals surface area contributed by atoms with Crippen LogP contribution in [0.15, 0.2) is 41.6 Å². The molecule has 18 heavy (non-hydrogen) atoms. The highest BCUT2D eigenvalue weighted by Crippen LogP contribution is 2.21. The van der Waals surface area contributed by atoms with Gasteiger partial charge in [0.05, 0.1) is 22.7 Å². The van der Waals surface area contributed by atoms with Gasteiger partial charge in [0.1, 0.15) is 5.82 Å². The first kappa shape index (κ1) is 12.7. The Morgan fingerprint density at radius 3 is 2.89 bits per heavy atom. The van der Waals surface area contributed by atoms with Crippen molar-refractivity contribution in [1.29, 1.82) is 0 Å². The quantitative estimate of drug-likeness (QED) is 0.866. The van der Waals surface area contributed by atoms with Gasteiger partial charge < -0.3 is 5.73 Å². The summed E-state index contributed by atoms with van der Waals surface area (Å²) in [5.74, 6) is -0.191. The van der Waals surface area contributed by atoms with Gasteiger partial charge in [-0.05, 0) is 36.2 Å². The Kier molecular flexibility index (Phi) is 3.72. The molecule has 0 spiro atoms. The van der Waals surface area contributed by atoms with Gasteiger partial charge in [-0.25, -0.2) is 4.39 Å². The smallest absolute Gasteiger partial charge is 0.141 e. The molecule has 5 heteroatoms. The van der Waals surface area contributed by atoms with Crippen LogP contribution in [-0.4, -0.2) is 9.19 Å². The Balaban J connectivity index is 2.25. The van der Waals surface area contributed by atoms with Gasteiger partial charge in [0.25, 0.3) is 0 Å². The van der Waals surface area contributed by atoms with Gasteiger partial charge in [-0.1, -0.05) is 6.07 Å². The SMILES string of the molecule is Cc1c(N)cccc1S(=O)Cc1cncc(F)c1. The first-order valence-corrected chi connectivity index (χ1v) is 6.72. The minimum Gasteiger partial charge on any atom is -0.398 e. The number of nitrogens with two attached hydrogens (primary N) is 1. The highest BCUT2D eigenvalue weighted by Gasteiger charge is 2.10. The molecule has 0 aliphatic heterocycles. The summed E-state index contributed by atoms with van der Waals surface area (Å²) >= 11 is 0. The number of hydrogen-bond donors (Lipinski definition) is 1. The Bertz CT molecular complexity index is 601. The van der Waals surface area contributed by atoms with E-state index in [2.05, 4.69) is 4.98 Å². The molecule has 2 N–H and O–H groups in total. The second-order valence-corrected chi connectivity index (χ2v) is 5.39. The van der Waals surface area contributed by atoms with Gasteiger partial charge in [-0.2, -0.15) is 0 Å². The van der Waals surface area contributed by atoms with Crippen molar-refractivity contribution < 1.29 is 8.60 Å². The Labute approximate surface area is 107 Å². The molecule has 1 atom stereocenters. The van der Waals surface area contributed by atoms with Gasteiger partial charge in [0.15, 0.2) is 0 Å². The van der Waals surface area contributed by atoms with E-state index in [0.717, 1.165) is 11.8 Å². The number of halogens is 1. The fourth-order valence-electron chi connectivity index (χ4n) is 1.64. The molecule has 2 aromatic rings. The number of nitrogens with zero attached hydrogens (tertiary/aromatic N) is 1. The average molecular weight is 264 g/mol. The van der Waals surface area contributed by atoms with E-state index in [1.54, 1.807) is 18.2 Å². The molecule has 1 aromatic carbocycles. The highest BCUT2D eigenvalue weighted by atomic mass is 32.2. The lowest BCUT2D eigenvalue weighted by Gasteiger charge is -2.08. The van der Waals surface area contributed by atoms with Crippen molar-refractivity contribution in [2.24, 2.45) is 0 Å². The van der Waals surface area contributed by atoms with Crippen LogP contribution < -0.4 is 5.73 Å². The first-order chi connectivity index (χ1) is 8.58. The molecule has 94 valence electrons. The van der Waals surface area contributed by atoms with Crippen LogP contribution in [-0.2, 0) is 16.6 Å². The molecule has 0 amide bonds. The lowest BCUT2D eigenvalue weighted by molar-refractivity contribution is 0.619. The van der Waals surface area contributed by atoms with Crippen LogP contribution in [0.25, 0.3) is 0 Å². The molecule has 1 aromatic heterocycles. The lowest BCUT2D eigenvalue weighted by Crippen LogP contribution is -2.02. The summed E-state index contributed by atoms with van der Waals surface area (Å²) in [6.45, 7) is 1.83. The zero-order valence-corrected chi connectivity index (χ0v) is 10.7. The van der Waals surface area contributed by atoms with Crippen molar-refractivity contribution in [2.45, 2.75) is 17.6 Å². The number of hydrogen-bond acceptors (Lipinski definition) is 3. The van der Waals surface area contributed by atoms with E-state index in [9.17, 15) is 8.60 Å². The van der Waals surface area contributed by atoms with Crippen molar-refractivity contribution >= 4 is 16.5 Å². The third-order valence-corrected chi connectivity index (χ3v) is 4.16. The predicted octanol–water partition coefficient (Wildman–Crippen LogP) is 2.42. The number of nitrogen functional groups attached to an aromatic ring is 1. The predicted molar refractivity (Wildman–Crippen MR) is 69.9 cm³/mol. The van der Waals surface area contributed by atoms with Crippen molar-refractivity contribution in [3.63, 3.8) is 0 Å². The van der Waals surface area contributed by atoms with Crippen LogP contribution in [0.3, 0.4) is 0 Å². The summed E-state index contributed by atoms with van der Waals surface area (Å²) in [5.41, 5.74) is 7.79. The van der Waals surface area contributed by atoms with Gasteiger partial charge >= 0.3 is 0 Å². The third kappa shape index (κ3) is 2.73. The van der Waals surface area contributed by atoms with E-state index >= 15 is 0 Å². The van der Waals surface area contributed by atoms with Crippen LogP contribution >= 0.6 is 0 Å². The average Bonchev–Trinajstić information content (AvgIpc) is 2.32. The molecule has 0 saturated heterocycles. The second kappa shape index (κ2) is 5.27. The maximum absolute atomic E-state index is 13.0. The monoisotopic (exact) mass is 264 g/mol. The molecular formula is C13H13FN2OS. The van der Waals surface area contributed by atoms with Gasteiger partial charge in [0, 0.05) is 16.8 Å². The van der Waals surface area contributed by atoms with E-state index < -0.39 is 16.6 Å². The van der Waals surface area contributed by atoms with Crippen molar-refractivity contribution in [1.82, 2.24) is 4.98 Å². The molecular weight excluding hydrogens is 251 g/mol. The molecule has 1 heterocycles. The van der Waals surface area contributed by atoms with Crippen molar-refractivity contribution in [3.8, 4) is 0 Å². The Morgan fingerprint density at radius 2 is 2.17 bits per heavy atom. The van der Waals surface area contributed by atoms with E-state index in [1.807, 2.05) is 6.92 Å². The molecule has 0 radical (unpaired) electrons. The van der Waals surface area contributed by atoms with Gasteiger partial charge in [-0.15, -0.1) is 0 Å². The third-order valence-electron chi connectivity index (χ3n) is 2.63. The maximum atomic E-state index is 13.0. The largest absolute Gasteiger partial charge is 0.398 e. The molecule has 0 fully saturated rings. The minimum absolute atomic E-state index is 0.231. The summed E-state index contributed by atoms with van der Waals surface area (Å²) < 4.78 is 25.2. The van der Waals surface area contributed by atoms with Crippen LogP contribution in [0.5, 0.6) is 0 Å². The van der Waals surface area contributed by atoms with Crippen LogP contribution in [0.1, 0.15) is 11.1 Å². The normalized spacial score (nSPS) is 12.3. The maximum Gasteiger partial charge on any atom is 0.141 e. The zero-order valence-electron chi connectivity index (χ0n) is 9.89. The van der Waals surface area contributed by atoms with Crippen LogP contribution in [0.2, 0.25) is 0 Å². The Morgan fingerprint density at radius 1 is 1.39 bits per heavy atom. The number of benzene rings is 1. The van der Waals surface area contributed by atoms with E-state index in [-0.39, 0.29) is 5.75 Å². The highest BCUT2D eigenvalue weighted by molar-refractivity contribution is 7.84. The zero-order chi connectivity index (χ0) is 13.1. The minimum atomic E-state index is -1.25. The fraction of sp³-hybridized carbons (Fsp3) is 0.154. The summed E-state index contributed by atoms with van der Waals surface area (Å²) in [4.78, 5) is 4.42. The topological polar surface area (TPSA) is 56.0 Å². The van der Waals surface area contributed by atoms with E-state index in [4.69, 9.17) is 5.73 Å². The first-order valence-electron chi connectivity index (χ1n) is 5.41. The Hall–Kier alpha value is -1.75. The molecule has 1 unspecified atom stereocenters. The van der Waals surface area contributed by atoms with Crippen molar-refractivity contribution in [2.75, 3.05) is 5.73 Å². The number of aromatic nitrogens is 1. The molecule has 0 saturated carbocycles. The van der Waals surface area contributed by atoms with E-state index in [1.165, 1.54) is 12.3 Å². The summed E-state index contributed by atoms with van der Waals surface area (Å²) in [6.07, 6.45) is 2.64. The second-order valence-electron chi connectivity index (χ2n) is 3.97. The van der Waals surface area contributed by atoms with E-state index in [0.29, 0.717) is 16.1 Å². The summed E-state index contributed by atoms with van der Waals surface area (Å²) in [7, 11) is -1.25. The van der Waals surface area contributed by atoms with Gasteiger partial charge in [0.2, 0.25) is 0 Å². The van der Waals surface area contributed by atoms with Gasteiger partial charge in [-0.3, -0.25) is 9.19 Å².